The van der Waals surface area contributed by atoms with Gasteiger partial charge in [-0.05, 0) is 63.1 Å². The molecule has 0 spiro atoms. The molecule has 0 unspecified atom stereocenters. The summed E-state index contributed by atoms with van der Waals surface area (Å²) in [7, 11) is 0. The van der Waals surface area contributed by atoms with Crippen LogP contribution in [0.25, 0.3) is 11.0 Å². The van der Waals surface area contributed by atoms with Gasteiger partial charge in [0.1, 0.15) is 11.8 Å². The van der Waals surface area contributed by atoms with Gasteiger partial charge in [-0.2, -0.15) is 5.26 Å². The number of aromatic nitrogens is 2. The molecule has 0 aliphatic carbocycles. The number of hydrogen-bond acceptors (Lipinski definition) is 5. The number of nitrogens with zero attached hydrogens (tertiary/aromatic N) is 4. The van der Waals surface area contributed by atoms with E-state index in [-0.39, 0.29) is 13.0 Å². The van der Waals surface area contributed by atoms with Gasteiger partial charge in [0.2, 0.25) is 5.95 Å². The number of alkyl carbamates (subject to hydrolysis) is 1. The molecule has 0 radical (unpaired) electrons. The Morgan fingerprint density at radius 1 is 1.29 bits per heavy atom. The quantitative estimate of drug-likeness (QED) is 0.561. The van der Waals surface area contributed by atoms with Gasteiger partial charge >= 0.3 is 6.09 Å². The second-order valence-electron chi connectivity index (χ2n) is 9.44. The largest absolute Gasteiger partial charge is 0.444 e. The van der Waals surface area contributed by atoms with E-state index >= 15 is 0 Å². The zero-order valence-electron chi connectivity index (χ0n) is 19.4. The van der Waals surface area contributed by atoms with Crippen LogP contribution in [0.15, 0.2) is 42.5 Å². The average molecular weight is 484 g/mol. The molecule has 2 heterocycles. The van der Waals surface area contributed by atoms with Crippen molar-refractivity contribution >= 4 is 34.7 Å². The Morgan fingerprint density at radius 2 is 2.03 bits per heavy atom. The number of rotatable bonds is 4. The van der Waals surface area contributed by atoms with Crippen LogP contribution in [0.3, 0.4) is 0 Å². The Bertz CT molecular complexity index is 1230. The molecule has 2 aromatic carbocycles. The average Bonchev–Trinajstić information content (AvgIpc) is 3.12. The minimum atomic E-state index is -1.19. The molecule has 1 aliphatic rings. The maximum Gasteiger partial charge on any atom is 0.408 e. The minimum Gasteiger partial charge on any atom is -0.444 e. The molecule has 1 aliphatic heterocycles. The molecule has 7 nitrogen and oxygen atoms in total. The predicted molar refractivity (Wildman–Crippen MR) is 130 cm³/mol. The summed E-state index contributed by atoms with van der Waals surface area (Å²) in [6.45, 7) is 6.51. The second-order valence-corrected chi connectivity index (χ2v) is 9.88. The standard InChI is InChI=1S/C25H27ClFN5O2/c1-25(2,3)34-24(33)30-21-15-31(11-10-19(21)27)23-29-20-9-8-18(26)12-22(20)32(23)14-17-6-4-16(13-28)5-7-17/h4-9,12,19,21H,10-11,14-15H2,1-3H3,(H,30,33)/t19-,21-/m1/s1. The van der Waals surface area contributed by atoms with Crippen LogP contribution < -0.4 is 10.2 Å². The first-order chi connectivity index (χ1) is 16.1. The monoisotopic (exact) mass is 483 g/mol. The zero-order valence-corrected chi connectivity index (χ0v) is 20.1. The highest BCUT2D eigenvalue weighted by Gasteiger charge is 2.33. The van der Waals surface area contributed by atoms with Crippen LogP contribution >= 0.6 is 11.6 Å². The number of hydrogen-bond donors (Lipinski definition) is 1. The predicted octanol–water partition coefficient (Wildman–Crippen LogP) is 5.05. The van der Waals surface area contributed by atoms with Crippen molar-refractivity contribution in [2.24, 2.45) is 0 Å². The van der Waals surface area contributed by atoms with E-state index in [1.165, 1.54) is 0 Å². The number of halogens is 2. The lowest BCUT2D eigenvalue weighted by Gasteiger charge is -2.36. The van der Waals surface area contributed by atoms with Gasteiger partial charge in [-0.25, -0.2) is 14.2 Å². The number of piperidine rings is 1. The second kappa shape index (κ2) is 9.51. The normalized spacial score (nSPS) is 18.5. The van der Waals surface area contributed by atoms with Crippen molar-refractivity contribution in [1.82, 2.24) is 14.9 Å². The molecule has 9 heteroatoms. The summed E-state index contributed by atoms with van der Waals surface area (Å²) < 4.78 is 22.1. The minimum absolute atomic E-state index is 0.251. The van der Waals surface area contributed by atoms with E-state index in [4.69, 9.17) is 26.6 Å². The van der Waals surface area contributed by atoms with Crippen LogP contribution in [-0.2, 0) is 11.3 Å². The van der Waals surface area contributed by atoms with Gasteiger partial charge in [0.05, 0.1) is 35.3 Å². The molecule has 4 rings (SSSR count). The van der Waals surface area contributed by atoms with Crippen LogP contribution in [0.1, 0.15) is 38.3 Å². The first-order valence-electron chi connectivity index (χ1n) is 11.2. The number of benzene rings is 2. The third kappa shape index (κ3) is 5.42. The molecule has 0 saturated carbocycles. The molecule has 0 bridgehead atoms. The highest BCUT2D eigenvalue weighted by atomic mass is 35.5. The first kappa shape index (κ1) is 23.8. The van der Waals surface area contributed by atoms with Crippen LogP contribution in [0.2, 0.25) is 5.02 Å². The molecule has 1 amide bonds. The van der Waals surface area contributed by atoms with E-state index in [0.29, 0.717) is 29.6 Å². The van der Waals surface area contributed by atoms with Gasteiger partial charge in [0.15, 0.2) is 0 Å². The molecule has 178 valence electrons. The maximum absolute atomic E-state index is 14.7. The van der Waals surface area contributed by atoms with Crippen LogP contribution in [-0.4, -0.2) is 46.5 Å². The zero-order chi connectivity index (χ0) is 24.5. The fourth-order valence-corrected chi connectivity index (χ4v) is 4.21. The third-order valence-electron chi connectivity index (χ3n) is 5.63. The number of nitriles is 1. The maximum atomic E-state index is 14.7. The fourth-order valence-electron chi connectivity index (χ4n) is 4.05. The van der Waals surface area contributed by atoms with Gasteiger partial charge in [-0.1, -0.05) is 23.7 Å². The summed E-state index contributed by atoms with van der Waals surface area (Å²) in [6.07, 6.45) is -1.57. The van der Waals surface area contributed by atoms with Gasteiger partial charge in [0, 0.05) is 18.1 Å². The van der Waals surface area contributed by atoms with Crippen LogP contribution in [0.5, 0.6) is 0 Å². The van der Waals surface area contributed by atoms with Gasteiger partial charge in [0.25, 0.3) is 0 Å². The highest BCUT2D eigenvalue weighted by molar-refractivity contribution is 6.31. The Balaban J connectivity index is 1.64. The molecule has 1 N–H and O–H groups in total. The lowest BCUT2D eigenvalue weighted by molar-refractivity contribution is 0.0465. The summed E-state index contributed by atoms with van der Waals surface area (Å²) in [4.78, 5) is 19.1. The smallest absolute Gasteiger partial charge is 0.408 e. The van der Waals surface area contributed by atoms with Crippen molar-refractivity contribution < 1.29 is 13.9 Å². The molecule has 1 saturated heterocycles. The van der Waals surface area contributed by atoms with E-state index in [1.807, 2.05) is 33.7 Å². The molecule has 2 atom stereocenters. The van der Waals surface area contributed by atoms with Crippen molar-refractivity contribution in [3.63, 3.8) is 0 Å². The Morgan fingerprint density at radius 3 is 2.71 bits per heavy atom. The van der Waals surface area contributed by atoms with Crippen molar-refractivity contribution in [2.45, 2.75) is 51.6 Å². The number of fused-ring (bicyclic) bond motifs is 1. The van der Waals surface area contributed by atoms with Gasteiger partial charge in [-0.15, -0.1) is 0 Å². The fraction of sp³-hybridized carbons (Fsp3) is 0.400. The first-order valence-corrected chi connectivity index (χ1v) is 11.5. The van der Waals surface area contributed by atoms with Crippen LogP contribution in [0.4, 0.5) is 15.1 Å². The molecule has 1 aromatic heterocycles. The number of ether oxygens (including phenoxy) is 1. The molecule has 1 fully saturated rings. The van der Waals surface area contributed by atoms with E-state index in [9.17, 15) is 9.18 Å². The topological polar surface area (TPSA) is 83.2 Å². The summed E-state index contributed by atoms with van der Waals surface area (Å²) in [5.41, 5.74) is 2.53. The number of anilines is 1. The van der Waals surface area contributed by atoms with Crippen LogP contribution in [0, 0.1) is 11.3 Å². The molecular weight excluding hydrogens is 457 g/mol. The Labute approximate surface area is 203 Å². The summed E-state index contributed by atoms with van der Waals surface area (Å²) in [5, 5.41) is 12.4. The number of imidazole rings is 1. The van der Waals surface area contributed by atoms with E-state index in [0.717, 1.165) is 16.6 Å². The number of carbonyl (C=O) groups excluding carboxylic acids is 1. The lowest BCUT2D eigenvalue weighted by atomic mass is 10.0. The van der Waals surface area contributed by atoms with Gasteiger partial charge in [-0.3, -0.25) is 0 Å². The molecule has 34 heavy (non-hydrogen) atoms. The summed E-state index contributed by atoms with van der Waals surface area (Å²) in [5.74, 6) is 0.671. The lowest BCUT2D eigenvalue weighted by Crippen LogP contribution is -2.55. The Kier molecular flexibility index (Phi) is 6.67. The number of nitrogens with one attached hydrogen (secondary N) is 1. The molecule has 3 aromatic rings. The number of amides is 1. The van der Waals surface area contributed by atoms with E-state index < -0.39 is 23.9 Å². The highest BCUT2D eigenvalue weighted by Crippen LogP contribution is 2.29. The van der Waals surface area contributed by atoms with E-state index in [2.05, 4.69) is 11.4 Å². The summed E-state index contributed by atoms with van der Waals surface area (Å²) >= 11 is 6.28. The van der Waals surface area contributed by atoms with E-state index in [1.54, 1.807) is 39.0 Å². The number of alkyl halides is 1. The molecular formula is C25H27ClFN5O2. The van der Waals surface area contributed by atoms with Crippen molar-refractivity contribution in [2.75, 3.05) is 18.0 Å². The SMILES string of the molecule is CC(C)(C)OC(=O)N[C@@H]1CN(c2nc3ccc(Cl)cc3n2Cc2ccc(C#N)cc2)CC[C@H]1F. The Hall–Kier alpha value is -3.31. The van der Waals surface area contributed by atoms with Gasteiger partial charge < -0.3 is 19.5 Å². The van der Waals surface area contributed by atoms with Crippen molar-refractivity contribution in [1.29, 1.82) is 5.26 Å². The summed E-state index contributed by atoms with van der Waals surface area (Å²) in [6, 6.07) is 14.3. The number of carbonyl (C=O) groups is 1. The van der Waals surface area contributed by atoms with Crippen molar-refractivity contribution in [3.05, 3.63) is 58.6 Å². The van der Waals surface area contributed by atoms with Crippen molar-refractivity contribution in [3.8, 4) is 6.07 Å². The third-order valence-corrected chi connectivity index (χ3v) is 5.86.